The van der Waals surface area contributed by atoms with E-state index in [1.54, 1.807) is 0 Å². The van der Waals surface area contributed by atoms with Gasteiger partial charge >= 0.3 is 0 Å². The molecule has 2 aliphatic rings. The number of imidazole rings is 1. The highest BCUT2D eigenvalue weighted by Gasteiger charge is 2.31. The minimum Gasteiger partial charge on any atom is -0.342 e. The van der Waals surface area contributed by atoms with E-state index in [-0.39, 0.29) is 23.7 Å². The molecule has 2 heterocycles. The number of carbonyl (C=O) groups is 1. The molecule has 25 heavy (non-hydrogen) atoms. The average molecular weight is 361 g/mol. The molecule has 1 aliphatic heterocycles. The van der Waals surface area contributed by atoms with E-state index in [4.69, 9.17) is 4.98 Å². The molecule has 1 aromatic heterocycles. The van der Waals surface area contributed by atoms with Crippen molar-refractivity contribution >= 4 is 35.6 Å². The monoisotopic (exact) mass is 360 g/mol. The maximum atomic E-state index is 11.7. The molecular formula is C19H25ClN4O. The van der Waals surface area contributed by atoms with Crippen LogP contribution in [0, 0.1) is 0 Å². The molecule has 2 N–H and O–H groups in total. The third-order valence-electron chi connectivity index (χ3n) is 5.47. The molecule has 0 spiro atoms. The standard InChI is InChI=1S/C19H24N4O.ClH/c1-19(11-17(24)23-20-12-19)14-8-9-15-16(10-14)22-18(21-15)13-6-4-2-3-5-7-13;/h8-10,12-13H,2-7,11H2,1H3,(H,21,22)(H,23,24);1H. The van der Waals surface area contributed by atoms with Gasteiger partial charge in [0, 0.05) is 24.0 Å². The third kappa shape index (κ3) is 3.56. The fraction of sp³-hybridized carbons (Fsp3) is 0.526. The minimum absolute atomic E-state index is 0. The van der Waals surface area contributed by atoms with Crippen molar-refractivity contribution in [2.45, 2.75) is 63.2 Å². The largest absolute Gasteiger partial charge is 0.342 e. The van der Waals surface area contributed by atoms with Gasteiger partial charge in [-0.3, -0.25) is 4.79 Å². The smallest absolute Gasteiger partial charge is 0.241 e. The first-order valence-electron chi connectivity index (χ1n) is 8.97. The number of H-pyrrole nitrogens is 1. The number of aromatic amines is 1. The Morgan fingerprint density at radius 2 is 1.92 bits per heavy atom. The summed E-state index contributed by atoms with van der Waals surface area (Å²) in [6.45, 7) is 2.05. The van der Waals surface area contributed by atoms with Crippen molar-refractivity contribution in [3.8, 4) is 0 Å². The van der Waals surface area contributed by atoms with Crippen LogP contribution in [0.1, 0.15) is 69.2 Å². The van der Waals surface area contributed by atoms with Crippen molar-refractivity contribution in [3.05, 3.63) is 29.6 Å². The van der Waals surface area contributed by atoms with E-state index in [1.165, 1.54) is 38.5 Å². The van der Waals surface area contributed by atoms with E-state index in [2.05, 4.69) is 40.6 Å². The van der Waals surface area contributed by atoms with Gasteiger partial charge in [-0.2, -0.15) is 5.10 Å². The van der Waals surface area contributed by atoms with Crippen LogP contribution in [0.2, 0.25) is 0 Å². The molecule has 0 radical (unpaired) electrons. The summed E-state index contributed by atoms with van der Waals surface area (Å²) in [5.74, 6) is 1.65. The molecule has 4 rings (SSSR count). The summed E-state index contributed by atoms with van der Waals surface area (Å²) in [6.07, 6.45) is 10.0. The number of fused-ring (bicyclic) bond motifs is 1. The van der Waals surface area contributed by atoms with Crippen molar-refractivity contribution in [1.82, 2.24) is 15.4 Å². The number of rotatable bonds is 2. The normalized spacial score (nSPS) is 24.6. The summed E-state index contributed by atoms with van der Waals surface area (Å²) < 4.78 is 0. The first kappa shape index (κ1) is 17.9. The molecule has 1 aromatic carbocycles. The quantitative estimate of drug-likeness (QED) is 0.788. The number of benzene rings is 1. The molecular weight excluding hydrogens is 336 g/mol. The molecule has 1 saturated carbocycles. The lowest BCUT2D eigenvalue weighted by Gasteiger charge is -2.27. The van der Waals surface area contributed by atoms with E-state index in [0.717, 1.165) is 22.4 Å². The van der Waals surface area contributed by atoms with Crippen molar-refractivity contribution in [2.75, 3.05) is 0 Å². The first-order valence-corrected chi connectivity index (χ1v) is 8.97. The van der Waals surface area contributed by atoms with Gasteiger partial charge in [0.2, 0.25) is 5.91 Å². The Kier molecular flexibility index (Phi) is 5.13. The fourth-order valence-corrected chi connectivity index (χ4v) is 3.97. The highest BCUT2D eigenvalue weighted by Crippen LogP contribution is 2.33. The van der Waals surface area contributed by atoms with Gasteiger partial charge in [0.1, 0.15) is 5.82 Å². The SMILES string of the molecule is CC1(c2ccc3nc(C4CCCCCC4)[nH]c3c2)C=NNC(=O)C1.Cl. The molecule has 1 atom stereocenters. The molecule has 1 aliphatic carbocycles. The Morgan fingerprint density at radius 1 is 1.16 bits per heavy atom. The highest BCUT2D eigenvalue weighted by molar-refractivity contribution is 5.90. The maximum Gasteiger partial charge on any atom is 0.241 e. The number of carbonyl (C=O) groups excluding carboxylic acids is 1. The molecule has 5 nitrogen and oxygen atoms in total. The van der Waals surface area contributed by atoms with Gasteiger partial charge in [-0.1, -0.05) is 31.7 Å². The topological polar surface area (TPSA) is 70.1 Å². The van der Waals surface area contributed by atoms with Gasteiger partial charge in [0.05, 0.1) is 11.0 Å². The number of hydrazone groups is 1. The molecule has 1 fully saturated rings. The zero-order valence-corrected chi connectivity index (χ0v) is 15.4. The molecule has 2 aromatic rings. The van der Waals surface area contributed by atoms with E-state index in [9.17, 15) is 4.79 Å². The van der Waals surface area contributed by atoms with Crippen LogP contribution in [0.4, 0.5) is 0 Å². The summed E-state index contributed by atoms with van der Waals surface area (Å²) in [5.41, 5.74) is 5.33. The maximum absolute atomic E-state index is 11.7. The number of nitrogens with one attached hydrogen (secondary N) is 2. The fourth-order valence-electron chi connectivity index (χ4n) is 3.97. The molecule has 0 bridgehead atoms. The molecule has 6 heteroatoms. The lowest BCUT2D eigenvalue weighted by molar-refractivity contribution is -0.122. The van der Waals surface area contributed by atoms with Gasteiger partial charge in [0.25, 0.3) is 0 Å². The van der Waals surface area contributed by atoms with Crippen LogP contribution in [-0.4, -0.2) is 22.1 Å². The average Bonchev–Trinajstić information content (AvgIpc) is 2.80. The van der Waals surface area contributed by atoms with Crippen LogP contribution < -0.4 is 5.43 Å². The molecule has 134 valence electrons. The Balaban J connectivity index is 0.00000182. The number of hydrogen-bond donors (Lipinski definition) is 2. The van der Waals surface area contributed by atoms with Crippen LogP contribution in [0.3, 0.4) is 0 Å². The predicted octanol–water partition coefficient (Wildman–Crippen LogP) is 4.19. The van der Waals surface area contributed by atoms with Gasteiger partial charge in [-0.25, -0.2) is 10.4 Å². The van der Waals surface area contributed by atoms with E-state index >= 15 is 0 Å². The van der Waals surface area contributed by atoms with Crippen LogP contribution in [0.5, 0.6) is 0 Å². The van der Waals surface area contributed by atoms with Gasteiger partial charge < -0.3 is 4.98 Å². The van der Waals surface area contributed by atoms with Gasteiger partial charge in [0.15, 0.2) is 0 Å². The number of hydrogen-bond acceptors (Lipinski definition) is 3. The molecule has 1 unspecified atom stereocenters. The Hall–Kier alpha value is -1.88. The summed E-state index contributed by atoms with van der Waals surface area (Å²) in [5, 5.41) is 4.01. The Labute approximate surface area is 154 Å². The number of amides is 1. The minimum atomic E-state index is -0.357. The van der Waals surface area contributed by atoms with Gasteiger partial charge in [-0.05, 0) is 37.5 Å². The van der Waals surface area contributed by atoms with Crippen molar-refractivity contribution < 1.29 is 4.79 Å². The van der Waals surface area contributed by atoms with E-state index in [0.29, 0.717) is 12.3 Å². The number of nitrogens with zero attached hydrogens (tertiary/aromatic N) is 2. The summed E-state index contributed by atoms with van der Waals surface area (Å²) >= 11 is 0. The van der Waals surface area contributed by atoms with Crippen molar-refractivity contribution in [3.63, 3.8) is 0 Å². The van der Waals surface area contributed by atoms with E-state index < -0.39 is 0 Å². The first-order chi connectivity index (χ1) is 11.6. The zero-order valence-electron chi connectivity index (χ0n) is 14.5. The molecule has 0 saturated heterocycles. The lowest BCUT2D eigenvalue weighted by Crippen LogP contribution is -2.37. The third-order valence-corrected chi connectivity index (χ3v) is 5.47. The van der Waals surface area contributed by atoms with E-state index in [1.807, 2.05) is 6.21 Å². The van der Waals surface area contributed by atoms with Crippen LogP contribution in [-0.2, 0) is 10.2 Å². The summed E-state index contributed by atoms with van der Waals surface area (Å²) in [6, 6.07) is 6.27. The molecule has 1 amide bonds. The van der Waals surface area contributed by atoms with Crippen molar-refractivity contribution in [1.29, 1.82) is 0 Å². The second kappa shape index (κ2) is 7.16. The summed E-state index contributed by atoms with van der Waals surface area (Å²) in [7, 11) is 0. The number of aromatic nitrogens is 2. The van der Waals surface area contributed by atoms with Gasteiger partial charge in [-0.15, -0.1) is 12.4 Å². The highest BCUT2D eigenvalue weighted by atomic mass is 35.5. The zero-order chi connectivity index (χ0) is 16.6. The predicted molar refractivity (Wildman–Crippen MR) is 102 cm³/mol. The second-order valence-electron chi connectivity index (χ2n) is 7.43. The second-order valence-corrected chi connectivity index (χ2v) is 7.43. The lowest BCUT2D eigenvalue weighted by atomic mass is 9.79. The summed E-state index contributed by atoms with van der Waals surface area (Å²) in [4.78, 5) is 20.1. The Morgan fingerprint density at radius 3 is 2.64 bits per heavy atom. The van der Waals surface area contributed by atoms with Crippen LogP contribution in [0.25, 0.3) is 11.0 Å². The number of halogens is 1. The van der Waals surface area contributed by atoms with Crippen LogP contribution >= 0.6 is 12.4 Å². The Bertz CT molecular complexity index is 792. The van der Waals surface area contributed by atoms with Crippen molar-refractivity contribution in [2.24, 2.45) is 5.10 Å². The van der Waals surface area contributed by atoms with Crippen LogP contribution in [0.15, 0.2) is 23.3 Å².